The summed E-state index contributed by atoms with van der Waals surface area (Å²) in [5.41, 5.74) is 10.2. The van der Waals surface area contributed by atoms with Crippen molar-refractivity contribution in [3.05, 3.63) is 94.0 Å². The molecule has 198 valence electrons. The summed E-state index contributed by atoms with van der Waals surface area (Å²) < 4.78 is 0. The maximum Gasteiger partial charge on any atom is 0.120 e. The van der Waals surface area contributed by atoms with Crippen molar-refractivity contribution in [3.8, 4) is 11.1 Å². The maximum atomic E-state index is 10.8. The van der Waals surface area contributed by atoms with E-state index in [9.17, 15) is 9.90 Å². The van der Waals surface area contributed by atoms with Gasteiger partial charge in [0.25, 0.3) is 0 Å². The van der Waals surface area contributed by atoms with Gasteiger partial charge in [-0.25, -0.2) is 0 Å². The van der Waals surface area contributed by atoms with Crippen molar-refractivity contribution in [2.75, 3.05) is 0 Å². The highest BCUT2D eigenvalue weighted by Gasteiger charge is 2.31. The van der Waals surface area contributed by atoms with E-state index in [2.05, 4.69) is 109 Å². The Hall–Kier alpha value is -2.71. The summed E-state index contributed by atoms with van der Waals surface area (Å²) in [5, 5.41) is 10.5. The van der Waals surface area contributed by atoms with Crippen molar-refractivity contribution in [1.82, 2.24) is 0 Å². The van der Waals surface area contributed by atoms with Crippen LogP contribution in [0.15, 0.2) is 60.7 Å². The predicted octanol–water partition coefficient (Wildman–Crippen LogP) is 8.55. The molecule has 3 aromatic carbocycles. The SMILES string of the molecule is CCC(CC)(c1ccc(CCC(O)C(C)(C)C)c(C)c1)c1ccc(-c2cccc(CCC=O)c2)c(C)c1. The Morgan fingerprint density at radius 1 is 0.838 bits per heavy atom. The number of aryl methyl sites for hydroxylation is 4. The number of carbonyl (C=O) groups is 1. The van der Waals surface area contributed by atoms with Crippen molar-refractivity contribution < 1.29 is 9.90 Å². The number of hydrogen-bond donors (Lipinski definition) is 1. The second-order valence-corrected chi connectivity index (χ2v) is 11.8. The average Bonchev–Trinajstić information content (AvgIpc) is 2.87. The summed E-state index contributed by atoms with van der Waals surface area (Å²) in [4.78, 5) is 10.8. The number of carbonyl (C=O) groups excluding carboxylic acids is 1. The van der Waals surface area contributed by atoms with Crippen LogP contribution in [0.25, 0.3) is 11.1 Å². The van der Waals surface area contributed by atoms with E-state index in [0.717, 1.165) is 38.4 Å². The number of benzene rings is 3. The predicted molar refractivity (Wildman–Crippen MR) is 157 cm³/mol. The van der Waals surface area contributed by atoms with E-state index in [1.807, 2.05) is 0 Å². The molecule has 37 heavy (non-hydrogen) atoms. The molecule has 1 unspecified atom stereocenters. The quantitative estimate of drug-likeness (QED) is 0.269. The first-order valence-electron chi connectivity index (χ1n) is 14.0. The Morgan fingerprint density at radius 2 is 1.49 bits per heavy atom. The van der Waals surface area contributed by atoms with Crippen LogP contribution in [0.1, 0.15) is 93.7 Å². The minimum atomic E-state index is -0.302. The summed E-state index contributed by atoms with van der Waals surface area (Å²) in [6, 6.07) is 22.5. The molecule has 1 N–H and O–H groups in total. The molecule has 0 aliphatic rings. The van der Waals surface area contributed by atoms with Crippen LogP contribution in [-0.2, 0) is 23.1 Å². The van der Waals surface area contributed by atoms with Crippen molar-refractivity contribution in [2.24, 2.45) is 5.41 Å². The zero-order chi connectivity index (χ0) is 27.2. The third kappa shape index (κ3) is 6.60. The fraction of sp³-hybridized carbons (Fsp3) is 0.457. The van der Waals surface area contributed by atoms with Gasteiger partial charge in [0.05, 0.1) is 6.10 Å². The highest BCUT2D eigenvalue weighted by Crippen LogP contribution is 2.41. The smallest absolute Gasteiger partial charge is 0.120 e. The molecule has 0 aromatic heterocycles. The molecule has 0 heterocycles. The third-order valence-corrected chi connectivity index (χ3v) is 8.36. The molecule has 3 rings (SSSR count). The fourth-order valence-corrected chi connectivity index (χ4v) is 5.64. The summed E-state index contributed by atoms with van der Waals surface area (Å²) in [6.45, 7) is 15.3. The van der Waals surface area contributed by atoms with E-state index in [1.54, 1.807) is 0 Å². The minimum absolute atomic E-state index is 0.0384. The summed E-state index contributed by atoms with van der Waals surface area (Å²) >= 11 is 0. The van der Waals surface area contributed by atoms with Crippen molar-refractivity contribution in [2.45, 2.75) is 98.5 Å². The Balaban J connectivity index is 1.92. The molecular formula is C35H46O2. The number of aliphatic hydroxyl groups is 1. The van der Waals surface area contributed by atoms with Crippen LogP contribution in [0.5, 0.6) is 0 Å². The normalized spacial score (nSPS) is 13.0. The summed E-state index contributed by atoms with van der Waals surface area (Å²) in [6.07, 6.45) is 5.79. The first-order chi connectivity index (χ1) is 17.6. The molecule has 1 atom stereocenters. The zero-order valence-corrected chi connectivity index (χ0v) is 24.0. The lowest BCUT2D eigenvalue weighted by atomic mass is 9.69. The van der Waals surface area contributed by atoms with Crippen LogP contribution in [0.3, 0.4) is 0 Å². The first-order valence-corrected chi connectivity index (χ1v) is 14.0. The molecular weight excluding hydrogens is 452 g/mol. The van der Waals surface area contributed by atoms with Gasteiger partial charge < -0.3 is 9.90 Å². The molecule has 0 spiro atoms. The van der Waals surface area contributed by atoms with E-state index in [0.29, 0.717) is 6.42 Å². The summed E-state index contributed by atoms with van der Waals surface area (Å²) in [5.74, 6) is 0. The lowest BCUT2D eigenvalue weighted by Gasteiger charge is -2.34. The molecule has 0 saturated heterocycles. The Labute approximate surface area is 225 Å². The van der Waals surface area contributed by atoms with E-state index in [-0.39, 0.29) is 16.9 Å². The number of rotatable bonds is 11. The molecule has 2 nitrogen and oxygen atoms in total. The van der Waals surface area contributed by atoms with Crippen LogP contribution in [-0.4, -0.2) is 17.5 Å². The van der Waals surface area contributed by atoms with Gasteiger partial charge in [0.1, 0.15) is 6.29 Å². The second kappa shape index (κ2) is 12.2. The van der Waals surface area contributed by atoms with Gasteiger partial charge in [0.15, 0.2) is 0 Å². The number of hydrogen-bond acceptors (Lipinski definition) is 2. The van der Waals surface area contributed by atoms with Gasteiger partial charge in [-0.15, -0.1) is 0 Å². The highest BCUT2D eigenvalue weighted by molar-refractivity contribution is 5.69. The van der Waals surface area contributed by atoms with Crippen LogP contribution in [0.2, 0.25) is 0 Å². The molecule has 0 radical (unpaired) electrons. The van der Waals surface area contributed by atoms with Crippen LogP contribution < -0.4 is 0 Å². The van der Waals surface area contributed by atoms with Gasteiger partial charge in [-0.05, 0) is 95.9 Å². The lowest BCUT2D eigenvalue weighted by molar-refractivity contribution is -0.107. The van der Waals surface area contributed by atoms with E-state index in [4.69, 9.17) is 0 Å². The third-order valence-electron chi connectivity index (χ3n) is 8.36. The van der Waals surface area contributed by atoms with E-state index in [1.165, 1.54) is 44.5 Å². The monoisotopic (exact) mass is 498 g/mol. The molecule has 0 amide bonds. The Morgan fingerprint density at radius 3 is 2.05 bits per heavy atom. The Bertz CT molecular complexity index is 1190. The maximum absolute atomic E-state index is 10.8. The first kappa shape index (κ1) is 28.9. The second-order valence-electron chi connectivity index (χ2n) is 11.8. The van der Waals surface area contributed by atoms with Crippen molar-refractivity contribution in [3.63, 3.8) is 0 Å². The van der Waals surface area contributed by atoms with Gasteiger partial charge in [-0.2, -0.15) is 0 Å². The molecule has 0 bridgehead atoms. The van der Waals surface area contributed by atoms with Crippen molar-refractivity contribution in [1.29, 1.82) is 0 Å². The number of aldehydes is 1. The van der Waals surface area contributed by atoms with E-state index >= 15 is 0 Å². The standard InChI is InChI=1S/C35H46O2/c1-8-35(9-2,30-17-15-28(25(3)22-30)16-20-33(37)34(5,6)7)31-18-19-32(26(4)23-31)29-14-10-12-27(24-29)13-11-21-36/h10,12,14-15,17-19,21-24,33,37H,8-9,11,13,16,20H2,1-7H3. The zero-order valence-electron chi connectivity index (χ0n) is 24.0. The Kier molecular flexibility index (Phi) is 9.53. The minimum Gasteiger partial charge on any atom is -0.393 e. The van der Waals surface area contributed by atoms with Gasteiger partial charge in [-0.1, -0.05) is 95.3 Å². The van der Waals surface area contributed by atoms with Crippen LogP contribution in [0.4, 0.5) is 0 Å². The lowest BCUT2D eigenvalue weighted by Crippen LogP contribution is -2.27. The van der Waals surface area contributed by atoms with Crippen LogP contribution in [0, 0.1) is 19.3 Å². The molecule has 2 heteroatoms. The molecule has 0 saturated carbocycles. The van der Waals surface area contributed by atoms with Gasteiger partial charge in [0.2, 0.25) is 0 Å². The van der Waals surface area contributed by atoms with Crippen LogP contribution >= 0.6 is 0 Å². The average molecular weight is 499 g/mol. The molecule has 0 aliphatic heterocycles. The molecule has 0 fully saturated rings. The molecule has 3 aromatic rings. The topological polar surface area (TPSA) is 37.3 Å². The number of aliphatic hydroxyl groups excluding tert-OH is 1. The molecule has 0 aliphatic carbocycles. The highest BCUT2D eigenvalue weighted by atomic mass is 16.3. The van der Waals surface area contributed by atoms with Gasteiger partial charge >= 0.3 is 0 Å². The van der Waals surface area contributed by atoms with E-state index < -0.39 is 0 Å². The van der Waals surface area contributed by atoms with Crippen molar-refractivity contribution >= 4 is 6.29 Å². The fourth-order valence-electron chi connectivity index (χ4n) is 5.64. The van der Waals surface area contributed by atoms with Gasteiger partial charge in [-0.3, -0.25) is 0 Å². The summed E-state index contributed by atoms with van der Waals surface area (Å²) in [7, 11) is 0. The largest absolute Gasteiger partial charge is 0.393 e. The van der Waals surface area contributed by atoms with Gasteiger partial charge in [0, 0.05) is 11.8 Å².